The van der Waals surface area contributed by atoms with Gasteiger partial charge in [-0.15, -0.1) is 0 Å². The molecule has 0 aromatic carbocycles. The molecule has 0 radical (unpaired) electrons. The number of rotatable bonds is 6. The van der Waals surface area contributed by atoms with Gasteiger partial charge in [-0.1, -0.05) is 6.92 Å². The third-order valence-electron chi connectivity index (χ3n) is 1.90. The summed E-state index contributed by atoms with van der Waals surface area (Å²) < 4.78 is 46.3. The molecule has 0 saturated heterocycles. The van der Waals surface area contributed by atoms with Crippen LogP contribution in [0.1, 0.15) is 27.2 Å². The van der Waals surface area contributed by atoms with E-state index in [4.69, 9.17) is 8.85 Å². The molecule has 8 heteroatoms. The van der Waals surface area contributed by atoms with E-state index in [0.717, 1.165) is 13.8 Å². The fourth-order valence-corrected chi connectivity index (χ4v) is 2.80. The van der Waals surface area contributed by atoms with Crippen molar-refractivity contribution in [3.63, 3.8) is 0 Å². The van der Waals surface area contributed by atoms with Crippen LogP contribution in [0.15, 0.2) is 0 Å². The Bertz CT molecular complexity index is 259. The van der Waals surface area contributed by atoms with Gasteiger partial charge in [-0.25, -0.2) is 13.2 Å². The molecule has 0 aliphatic heterocycles. The second kappa shape index (κ2) is 7.31. The van der Waals surface area contributed by atoms with E-state index in [1.165, 1.54) is 6.92 Å². The third-order valence-corrected chi connectivity index (χ3v) is 4.23. The van der Waals surface area contributed by atoms with Crippen molar-refractivity contribution >= 4 is 21.2 Å². The fraction of sp³-hybridized carbons (Fsp3) is 0.778. The first kappa shape index (κ1) is 15.9. The largest absolute Gasteiger partial charge is 0.487 e. The second-order valence-corrected chi connectivity index (χ2v) is 6.00. The minimum absolute atomic E-state index is 0.505. The highest BCUT2D eigenvalue weighted by molar-refractivity contribution is 6.50. The van der Waals surface area contributed by atoms with E-state index in [0.29, 0.717) is 0 Å². The predicted molar refractivity (Wildman–Crippen MR) is 55.6 cm³/mol. The molecule has 0 spiro atoms. The maximum Gasteiger partial charge on any atom is 0.451 e. The molecule has 0 aromatic heterocycles. The van der Waals surface area contributed by atoms with Gasteiger partial charge in [0.05, 0.1) is 0 Å². The van der Waals surface area contributed by atoms with E-state index in [2.05, 4.69) is 0 Å². The Labute approximate surface area is 98.9 Å². The Morgan fingerprint density at radius 3 is 1.82 bits per heavy atom. The Balaban J connectivity index is 4.45. The Morgan fingerprint density at radius 1 is 1.12 bits per heavy atom. The van der Waals surface area contributed by atoms with E-state index in [1.807, 2.05) is 0 Å². The van der Waals surface area contributed by atoms with E-state index in [9.17, 15) is 22.8 Å². The summed E-state index contributed by atoms with van der Waals surface area (Å²) in [5, 5.41) is 0. The summed E-state index contributed by atoms with van der Waals surface area (Å²) in [6, 6.07) is 0. The van der Waals surface area contributed by atoms with Gasteiger partial charge in [0.15, 0.2) is 6.17 Å². The summed E-state index contributed by atoms with van der Waals surface area (Å²) >= 11 is 0. The summed E-state index contributed by atoms with van der Waals surface area (Å²) in [6.07, 6.45) is -5.91. The maximum absolute atomic E-state index is 12.8. The number of hydrogen-bond acceptors (Lipinski definition) is 4. The van der Waals surface area contributed by atoms with E-state index in [1.54, 1.807) is 0 Å². The van der Waals surface area contributed by atoms with Crippen LogP contribution in [0.4, 0.5) is 13.2 Å². The van der Waals surface area contributed by atoms with Gasteiger partial charge in [0.1, 0.15) is 0 Å². The van der Waals surface area contributed by atoms with Crippen LogP contribution < -0.4 is 0 Å². The summed E-state index contributed by atoms with van der Waals surface area (Å²) in [4.78, 5) is 21.5. The SMILES string of the molecule is CC(=O)O[SiH](OC(C)=O)C(C)CC(F)C(F)F. The second-order valence-electron chi connectivity index (χ2n) is 3.65. The van der Waals surface area contributed by atoms with Crippen molar-refractivity contribution in [2.45, 2.75) is 45.3 Å². The molecule has 0 saturated carbocycles. The monoisotopic (exact) mass is 272 g/mol. The van der Waals surface area contributed by atoms with Gasteiger partial charge >= 0.3 is 9.28 Å². The van der Waals surface area contributed by atoms with E-state index in [-0.39, 0.29) is 0 Å². The molecule has 0 aliphatic carbocycles. The highest BCUT2D eigenvalue weighted by atomic mass is 28.3. The highest BCUT2D eigenvalue weighted by Gasteiger charge is 2.33. The molecular weight excluding hydrogens is 257 g/mol. The van der Waals surface area contributed by atoms with Gasteiger partial charge in [0.25, 0.3) is 18.4 Å². The first-order valence-corrected chi connectivity index (χ1v) is 6.61. The van der Waals surface area contributed by atoms with Crippen LogP contribution in [0.25, 0.3) is 0 Å². The molecular formula is C9H15F3O4Si. The van der Waals surface area contributed by atoms with Gasteiger partial charge in [-0.3, -0.25) is 9.59 Å². The summed E-state index contributed by atoms with van der Waals surface area (Å²) in [6.45, 7) is 3.63. The molecule has 0 fully saturated rings. The highest BCUT2D eigenvalue weighted by Crippen LogP contribution is 2.23. The number of hydrogen-bond donors (Lipinski definition) is 0. The average Bonchev–Trinajstić information content (AvgIpc) is 2.14. The maximum atomic E-state index is 12.8. The zero-order valence-corrected chi connectivity index (χ0v) is 10.9. The van der Waals surface area contributed by atoms with Crippen LogP contribution in [-0.2, 0) is 18.4 Å². The molecule has 0 aliphatic rings. The molecule has 4 nitrogen and oxygen atoms in total. The number of halogens is 3. The predicted octanol–water partition coefficient (Wildman–Crippen LogP) is 1.72. The van der Waals surface area contributed by atoms with Crippen LogP contribution in [0.2, 0.25) is 5.54 Å². The molecule has 0 heterocycles. The molecule has 2 atom stereocenters. The van der Waals surface area contributed by atoms with Crippen molar-refractivity contribution in [3.8, 4) is 0 Å². The molecule has 0 bridgehead atoms. The van der Waals surface area contributed by atoms with Gasteiger partial charge in [0.2, 0.25) is 0 Å². The van der Waals surface area contributed by atoms with Crippen molar-refractivity contribution < 1.29 is 31.6 Å². The lowest BCUT2D eigenvalue weighted by molar-refractivity contribution is -0.138. The standard InChI is InChI=1S/C9H15F3O4Si/c1-5(4-8(10)9(11)12)17(15-6(2)13)16-7(3)14/h5,8-9,17H,4H2,1-3H3. The lowest BCUT2D eigenvalue weighted by Crippen LogP contribution is -2.33. The van der Waals surface area contributed by atoms with Crippen molar-refractivity contribution in [2.24, 2.45) is 0 Å². The van der Waals surface area contributed by atoms with Crippen LogP contribution in [0.5, 0.6) is 0 Å². The summed E-state index contributed by atoms with van der Waals surface area (Å²) in [5.41, 5.74) is -0.716. The summed E-state index contributed by atoms with van der Waals surface area (Å²) in [5.74, 6) is -1.36. The zero-order chi connectivity index (χ0) is 13.6. The molecule has 0 amide bonds. The van der Waals surface area contributed by atoms with Crippen LogP contribution >= 0.6 is 0 Å². The minimum Gasteiger partial charge on any atom is -0.487 e. The summed E-state index contributed by atoms with van der Waals surface area (Å²) in [7, 11) is -2.81. The average molecular weight is 272 g/mol. The molecule has 2 unspecified atom stereocenters. The van der Waals surface area contributed by atoms with Crippen molar-refractivity contribution in [1.82, 2.24) is 0 Å². The van der Waals surface area contributed by atoms with Gasteiger partial charge < -0.3 is 8.85 Å². The quantitative estimate of drug-likeness (QED) is 0.691. The van der Waals surface area contributed by atoms with Crippen molar-refractivity contribution in [3.05, 3.63) is 0 Å². The van der Waals surface area contributed by atoms with Gasteiger partial charge in [0, 0.05) is 19.4 Å². The third kappa shape index (κ3) is 6.98. The molecule has 0 N–H and O–H groups in total. The van der Waals surface area contributed by atoms with Crippen LogP contribution in [0.3, 0.4) is 0 Å². The molecule has 17 heavy (non-hydrogen) atoms. The molecule has 0 aromatic rings. The smallest absolute Gasteiger partial charge is 0.451 e. The van der Waals surface area contributed by atoms with Crippen molar-refractivity contribution in [1.29, 1.82) is 0 Å². The zero-order valence-electron chi connectivity index (χ0n) is 9.78. The number of carbonyl (C=O) groups is 2. The van der Waals surface area contributed by atoms with Gasteiger partial charge in [-0.2, -0.15) is 0 Å². The fourth-order valence-electron chi connectivity index (χ4n) is 1.15. The van der Waals surface area contributed by atoms with E-state index < -0.39 is 45.8 Å². The first-order valence-electron chi connectivity index (χ1n) is 5.00. The first-order chi connectivity index (χ1) is 7.73. The Morgan fingerprint density at radius 2 is 1.53 bits per heavy atom. The number of carbonyl (C=O) groups excluding carboxylic acids is 2. The Hall–Kier alpha value is -1.05. The Kier molecular flexibility index (Phi) is 6.85. The van der Waals surface area contributed by atoms with Gasteiger partial charge in [-0.05, 0) is 6.42 Å². The molecule has 100 valence electrons. The van der Waals surface area contributed by atoms with E-state index >= 15 is 0 Å². The number of alkyl halides is 3. The van der Waals surface area contributed by atoms with Crippen LogP contribution in [-0.4, -0.2) is 33.8 Å². The lowest BCUT2D eigenvalue weighted by Gasteiger charge is -2.21. The topological polar surface area (TPSA) is 52.6 Å². The minimum atomic E-state index is -3.10. The normalized spacial score (nSPS) is 14.6. The lowest BCUT2D eigenvalue weighted by atomic mass is 10.2. The van der Waals surface area contributed by atoms with Crippen LogP contribution in [0, 0.1) is 0 Å². The van der Waals surface area contributed by atoms with Crippen molar-refractivity contribution in [2.75, 3.05) is 0 Å². The molecule has 0 rings (SSSR count).